The quantitative estimate of drug-likeness (QED) is 0.177. The van der Waals surface area contributed by atoms with Crippen LogP contribution in [0.25, 0.3) is 121 Å². The molecule has 4 heterocycles. The largest absolute Gasteiger partial charge is 0.304 e. The molecule has 0 aliphatic rings. The van der Waals surface area contributed by atoms with Crippen molar-refractivity contribution in [3.8, 4) is 51.2 Å². The van der Waals surface area contributed by atoms with Gasteiger partial charge in [-0.2, -0.15) is 10.5 Å². The molecule has 0 fully saturated rings. The van der Waals surface area contributed by atoms with Crippen molar-refractivity contribution in [1.29, 1.82) is 10.5 Å². The first-order valence-electron chi connectivity index (χ1n) is 20.5. The Bertz CT molecular complexity index is 3990. The zero-order valence-corrected chi connectivity index (χ0v) is 35.3. The smallest absolute Gasteiger partial charge is 0.102 e. The number of aromatic nitrogens is 1. The highest BCUT2D eigenvalue weighted by Gasteiger charge is 2.32. The third kappa shape index (κ3) is 4.83. The van der Waals surface area contributed by atoms with E-state index < -0.39 is 0 Å². The Morgan fingerprint density at radius 3 is 1.39 bits per heavy atom. The first kappa shape index (κ1) is 35.2. The minimum absolute atomic E-state index is 0.465. The van der Waals surface area contributed by atoms with Gasteiger partial charge in [0.25, 0.3) is 0 Å². The zero-order chi connectivity index (χ0) is 41.1. The third-order valence-corrected chi connectivity index (χ3v) is 16.0. The molecule has 3 nitrogen and oxygen atoms in total. The van der Waals surface area contributed by atoms with Crippen LogP contribution in [-0.2, 0) is 0 Å². The van der Waals surface area contributed by atoms with E-state index in [-0.39, 0.29) is 0 Å². The van der Waals surface area contributed by atoms with Crippen molar-refractivity contribution < 1.29 is 0 Å². The van der Waals surface area contributed by atoms with Gasteiger partial charge in [-0.15, -0.1) is 34.0 Å². The van der Waals surface area contributed by atoms with E-state index in [1.165, 1.54) is 35.6 Å². The van der Waals surface area contributed by atoms with E-state index in [2.05, 4.69) is 156 Å². The molecule has 0 N–H and O–H groups in total. The summed E-state index contributed by atoms with van der Waals surface area (Å²) in [5, 5.41) is 32.9. The molecular formula is C56H29N3S3. The van der Waals surface area contributed by atoms with Crippen LogP contribution in [0.3, 0.4) is 0 Å². The molecule has 4 aromatic heterocycles. The van der Waals surface area contributed by atoms with E-state index in [0.29, 0.717) is 16.7 Å². The second-order valence-electron chi connectivity index (χ2n) is 15.7. The van der Waals surface area contributed by atoms with Gasteiger partial charge in [0.15, 0.2) is 0 Å². The lowest BCUT2D eigenvalue weighted by atomic mass is 9.80. The number of fused-ring (bicyclic) bond motifs is 14. The van der Waals surface area contributed by atoms with Gasteiger partial charge in [-0.1, -0.05) is 152 Å². The molecule has 6 heteroatoms. The Kier molecular flexibility index (Phi) is 7.64. The third-order valence-electron chi connectivity index (χ3n) is 12.5. The number of rotatable bonds is 4. The van der Waals surface area contributed by atoms with Crippen LogP contribution in [0.15, 0.2) is 176 Å². The molecule has 9 aromatic carbocycles. The van der Waals surface area contributed by atoms with Crippen LogP contribution in [0.2, 0.25) is 0 Å². The highest BCUT2D eigenvalue weighted by Crippen LogP contribution is 2.54. The minimum Gasteiger partial charge on any atom is -0.304 e. The second kappa shape index (κ2) is 13.5. The Morgan fingerprint density at radius 2 is 0.823 bits per heavy atom. The van der Waals surface area contributed by atoms with Gasteiger partial charge in [-0.05, 0) is 41.0 Å². The minimum atomic E-state index is 0.465. The molecule has 0 radical (unpaired) electrons. The Morgan fingerprint density at radius 1 is 0.355 bits per heavy atom. The lowest BCUT2D eigenvalue weighted by Gasteiger charge is -2.25. The van der Waals surface area contributed by atoms with Crippen LogP contribution in [0, 0.1) is 22.7 Å². The summed E-state index contributed by atoms with van der Waals surface area (Å²) in [5.41, 5.74) is 8.89. The molecule has 0 spiro atoms. The summed E-state index contributed by atoms with van der Waals surface area (Å²) >= 11 is 5.37. The van der Waals surface area contributed by atoms with Crippen LogP contribution < -0.4 is 0 Å². The van der Waals surface area contributed by atoms with E-state index in [1.54, 1.807) is 34.0 Å². The summed E-state index contributed by atoms with van der Waals surface area (Å²) in [6.45, 7) is 0. The summed E-state index contributed by atoms with van der Waals surface area (Å²) < 4.78 is 9.52. The Balaban J connectivity index is 1.36. The fraction of sp³-hybridized carbons (Fsp3) is 0. The molecular weight excluding hydrogens is 811 g/mol. The van der Waals surface area contributed by atoms with Crippen LogP contribution in [-0.4, -0.2) is 4.57 Å². The fourth-order valence-corrected chi connectivity index (χ4v) is 13.6. The number of benzene rings is 9. The van der Waals surface area contributed by atoms with Crippen molar-refractivity contribution in [3.05, 3.63) is 187 Å². The fourth-order valence-electron chi connectivity index (χ4n) is 9.98. The number of hydrogen-bond acceptors (Lipinski definition) is 5. The molecule has 0 unspecified atom stereocenters. The molecule has 0 saturated heterocycles. The SMILES string of the molecule is N#Cc1c(-c2ccccc2)c(C#N)c(-n2c3c(ccc4c5ccccc5sc43)c3ccc4c5ccccc5sc4c32)c(-c2ccccc2)c1-c1cccc2sc3ccccc3c12. The van der Waals surface area contributed by atoms with E-state index in [4.69, 9.17) is 0 Å². The lowest BCUT2D eigenvalue weighted by molar-refractivity contribution is 1.18. The van der Waals surface area contributed by atoms with E-state index in [0.717, 1.165) is 80.2 Å². The van der Waals surface area contributed by atoms with Gasteiger partial charge in [0.05, 0.1) is 37.2 Å². The molecule has 13 rings (SSSR count). The number of thiophene rings is 3. The normalized spacial score (nSPS) is 11.8. The summed E-state index contributed by atoms with van der Waals surface area (Å²) in [4.78, 5) is 0. The van der Waals surface area contributed by atoms with Crippen molar-refractivity contribution in [1.82, 2.24) is 4.57 Å². The predicted molar refractivity (Wildman–Crippen MR) is 265 cm³/mol. The van der Waals surface area contributed by atoms with Crippen molar-refractivity contribution in [2.45, 2.75) is 0 Å². The first-order valence-corrected chi connectivity index (χ1v) is 22.9. The van der Waals surface area contributed by atoms with Gasteiger partial charge >= 0.3 is 0 Å². The maximum atomic E-state index is 11.9. The van der Waals surface area contributed by atoms with Crippen LogP contribution >= 0.6 is 34.0 Å². The zero-order valence-electron chi connectivity index (χ0n) is 32.8. The lowest BCUT2D eigenvalue weighted by Crippen LogP contribution is -2.08. The van der Waals surface area contributed by atoms with Crippen molar-refractivity contribution in [3.63, 3.8) is 0 Å². The molecule has 0 aliphatic heterocycles. The van der Waals surface area contributed by atoms with Gasteiger partial charge in [0.1, 0.15) is 12.1 Å². The van der Waals surface area contributed by atoms with Crippen molar-refractivity contribution >= 4 is 116 Å². The molecule has 0 aliphatic carbocycles. The van der Waals surface area contributed by atoms with Gasteiger partial charge in [0.2, 0.25) is 0 Å². The highest BCUT2D eigenvalue weighted by molar-refractivity contribution is 7.27. The Labute approximate surface area is 367 Å². The maximum Gasteiger partial charge on any atom is 0.102 e. The molecule has 0 bridgehead atoms. The van der Waals surface area contributed by atoms with E-state index in [1.807, 2.05) is 36.4 Å². The first-order chi connectivity index (χ1) is 30.7. The number of nitriles is 2. The van der Waals surface area contributed by atoms with E-state index in [9.17, 15) is 10.5 Å². The molecule has 286 valence electrons. The number of hydrogen-bond donors (Lipinski definition) is 0. The van der Waals surface area contributed by atoms with Crippen LogP contribution in [0.5, 0.6) is 0 Å². The molecule has 62 heavy (non-hydrogen) atoms. The summed E-state index contributed by atoms with van der Waals surface area (Å²) in [6, 6.07) is 67.5. The van der Waals surface area contributed by atoms with E-state index >= 15 is 0 Å². The standard InChI is InChI=1S/C56H29N3S3/c57-30-42-48(32-14-3-1-4-15-32)43(31-58)52(49(33-16-5-2-6-17-33)51(42)41-21-13-25-47-50(41)40-20-9-12-24-46(40)60-47)59-53-36(26-28-38-34-18-7-10-22-44(34)61-55(38)53)37-27-29-39-35-19-8-11-23-45(35)62-56(39)54(37)59/h1-29H. The van der Waals surface area contributed by atoms with Gasteiger partial charge < -0.3 is 4.57 Å². The molecule has 0 saturated carbocycles. The Hall–Kier alpha value is -7.58. The van der Waals surface area contributed by atoms with Gasteiger partial charge in [0, 0.05) is 78.6 Å². The van der Waals surface area contributed by atoms with Crippen LogP contribution in [0.1, 0.15) is 11.1 Å². The highest BCUT2D eigenvalue weighted by atomic mass is 32.1. The monoisotopic (exact) mass is 839 g/mol. The predicted octanol–water partition coefficient (Wildman–Crippen LogP) is 16.6. The van der Waals surface area contributed by atoms with Gasteiger partial charge in [-0.3, -0.25) is 0 Å². The van der Waals surface area contributed by atoms with Crippen LogP contribution in [0.4, 0.5) is 0 Å². The number of nitrogens with zero attached hydrogens (tertiary/aromatic N) is 3. The average Bonchev–Trinajstić information content (AvgIpc) is 4.10. The maximum absolute atomic E-state index is 11.9. The second-order valence-corrected chi connectivity index (χ2v) is 18.9. The topological polar surface area (TPSA) is 52.5 Å². The summed E-state index contributed by atoms with van der Waals surface area (Å²) in [7, 11) is 0. The molecule has 13 aromatic rings. The van der Waals surface area contributed by atoms with Gasteiger partial charge in [-0.25, -0.2) is 0 Å². The molecule has 0 atom stereocenters. The molecule has 0 amide bonds. The summed E-state index contributed by atoms with van der Waals surface area (Å²) in [6.07, 6.45) is 0. The van der Waals surface area contributed by atoms with Crippen molar-refractivity contribution in [2.75, 3.05) is 0 Å². The summed E-state index contributed by atoms with van der Waals surface area (Å²) in [5.74, 6) is 0. The van der Waals surface area contributed by atoms with Crippen molar-refractivity contribution in [2.24, 2.45) is 0 Å². The average molecular weight is 840 g/mol.